The van der Waals surface area contributed by atoms with Gasteiger partial charge in [0.05, 0.1) is 11.7 Å². The van der Waals surface area contributed by atoms with Gasteiger partial charge in [-0.15, -0.1) is 24.0 Å². The van der Waals surface area contributed by atoms with E-state index in [9.17, 15) is 0 Å². The third-order valence-electron chi connectivity index (χ3n) is 5.76. The van der Waals surface area contributed by atoms with Gasteiger partial charge in [-0.2, -0.15) is 5.10 Å². The first-order chi connectivity index (χ1) is 14.5. The van der Waals surface area contributed by atoms with Crippen LogP contribution in [0.5, 0.6) is 0 Å². The SMILES string of the molecule is CN=C(NCc1cc(N(C)C)nc2ccccc12)N1CCC(Cc2cnn(C)c2)C1.I. The number of para-hydroxylation sites is 1. The third kappa shape index (κ3) is 5.47. The maximum atomic E-state index is 4.76. The monoisotopic (exact) mass is 533 g/mol. The minimum atomic E-state index is 0. The van der Waals surface area contributed by atoms with Gasteiger partial charge in [0.15, 0.2) is 5.96 Å². The van der Waals surface area contributed by atoms with E-state index >= 15 is 0 Å². The van der Waals surface area contributed by atoms with Crippen molar-refractivity contribution in [2.24, 2.45) is 18.0 Å². The van der Waals surface area contributed by atoms with Crippen LogP contribution in [0.2, 0.25) is 0 Å². The van der Waals surface area contributed by atoms with Crippen LogP contribution in [0.4, 0.5) is 5.82 Å². The lowest BCUT2D eigenvalue weighted by Gasteiger charge is -2.22. The molecule has 0 amide bonds. The molecule has 7 nitrogen and oxygen atoms in total. The molecule has 1 atom stereocenters. The molecule has 1 fully saturated rings. The molecule has 3 aromatic rings. The third-order valence-corrected chi connectivity index (χ3v) is 5.76. The van der Waals surface area contributed by atoms with Gasteiger partial charge in [-0.05, 0) is 42.0 Å². The summed E-state index contributed by atoms with van der Waals surface area (Å²) in [6.07, 6.45) is 6.35. The number of nitrogens with one attached hydrogen (secondary N) is 1. The first kappa shape index (κ1) is 23.3. The Balaban J connectivity index is 0.00000272. The van der Waals surface area contributed by atoms with Crippen LogP contribution < -0.4 is 10.2 Å². The van der Waals surface area contributed by atoms with E-state index in [1.807, 2.05) is 50.0 Å². The lowest BCUT2D eigenvalue weighted by Crippen LogP contribution is -2.39. The molecule has 2 aromatic heterocycles. The Morgan fingerprint density at radius 3 is 2.81 bits per heavy atom. The number of guanidine groups is 1. The minimum Gasteiger partial charge on any atom is -0.363 e. The lowest BCUT2D eigenvalue weighted by molar-refractivity contribution is 0.460. The number of hydrogen-bond donors (Lipinski definition) is 1. The number of aromatic nitrogens is 3. The predicted octanol–water partition coefficient (Wildman–Crippen LogP) is 3.29. The fourth-order valence-electron chi connectivity index (χ4n) is 4.22. The summed E-state index contributed by atoms with van der Waals surface area (Å²) in [7, 11) is 7.90. The van der Waals surface area contributed by atoms with E-state index in [-0.39, 0.29) is 24.0 Å². The second kappa shape index (κ2) is 10.3. The molecule has 0 saturated carbocycles. The van der Waals surface area contributed by atoms with Crippen LogP contribution in [0.3, 0.4) is 0 Å². The van der Waals surface area contributed by atoms with Crippen LogP contribution in [0, 0.1) is 5.92 Å². The average molecular weight is 533 g/mol. The first-order valence-electron chi connectivity index (χ1n) is 10.5. The summed E-state index contributed by atoms with van der Waals surface area (Å²) in [5.74, 6) is 2.57. The van der Waals surface area contributed by atoms with Crippen LogP contribution in [-0.4, -0.2) is 59.9 Å². The van der Waals surface area contributed by atoms with Crippen LogP contribution in [-0.2, 0) is 20.0 Å². The molecule has 3 heterocycles. The number of likely N-dealkylation sites (tertiary alicyclic amines) is 1. The molecule has 0 aliphatic carbocycles. The summed E-state index contributed by atoms with van der Waals surface area (Å²) in [6, 6.07) is 10.5. The second-order valence-corrected chi connectivity index (χ2v) is 8.28. The number of aryl methyl sites for hydroxylation is 1. The molecule has 0 bridgehead atoms. The number of pyridine rings is 1. The fraction of sp³-hybridized carbons (Fsp3) is 0.435. The first-order valence-corrected chi connectivity index (χ1v) is 10.5. The van der Waals surface area contributed by atoms with Crippen molar-refractivity contribution in [3.63, 3.8) is 0 Å². The normalized spacial score (nSPS) is 16.5. The van der Waals surface area contributed by atoms with E-state index in [0.29, 0.717) is 5.92 Å². The van der Waals surface area contributed by atoms with Crippen LogP contribution in [0.1, 0.15) is 17.5 Å². The Morgan fingerprint density at radius 1 is 1.29 bits per heavy atom. The molecular formula is C23H32IN7. The fourth-order valence-corrected chi connectivity index (χ4v) is 4.22. The molecule has 1 saturated heterocycles. The molecule has 1 aliphatic rings. The van der Waals surface area contributed by atoms with E-state index in [2.05, 4.69) is 50.8 Å². The molecule has 1 unspecified atom stereocenters. The summed E-state index contributed by atoms with van der Waals surface area (Å²) in [5, 5.41) is 9.06. The molecule has 0 radical (unpaired) electrons. The zero-order chi connectivity index (χ0) is 21.1. The molecule has 8 heteroatoms. The van der Waals surface area contributed by atoms with Crippen LogP contribution in [0.15, 0.2) is 47.7 Å². The Labute approximate surface area is 201 Å². The van der Waals surface area contributed by atoms with E-state index < -0.39 is 0 Å². The number of anilines is 1. The van der Waals surface area contributed by atoms with E-state index in [1.165, 1.54) is 22.9 Å². The Kier molecular flexibility index (Phi) is 7.74. The molecule has 1 N–H and O–H groups in total. The molecule has 31 heavy (non-hydrogen) atoms. The maximum absolute atomic E-state index is 4.76. The molecule has 4 rings (SSSR count). The summed E-state index contributed by atoms with van der Waals surface area (Å²) in [4.78, 5) is 13.7. The van der Waals surface area contributed by atoms with Crippen molar-refractivity contribution in [1.82, 2.24) is 25.0 Å². The number of rotatable bonds is 5. The van der Waals surface area contributed by atoms with Crippen molar-refractivity contribution in [3.8, 4) is 0 Å². The number of hydrogen-bond acceptors (Lipinski definition) is 4. The van der Waals surface area contributed by atoms with E-state index in [0.717, 1.165) is 43.3 Å². The van der Waals surface area contributed by atoms with Crippen molar-refractivity contribution in [3.05, 3.63) is 53.9 Å². The van der Waals surface area contributed by atoms with Crippen molar-refractivity contribution in [2.45, 2.75) is 19.4 Å². The summed E-state index contributed by atoms with van der Waals surface area (Å²) in [6.45, 7) is 2.78. The highest BCUT2D eigenvalue weighted by atomic mass is 127. The lowest BCUT2D eigenvalue weighted by atomic mass is 10.0. The standard InChI is InChI=1S/C23H31N7.HI/c1-24-23(30-10-9-17(16-30)11-18-13-26-29(4)15-18)25-14-19-12-22(28(2)3)27-21-8-6-5-7-20(19)21;/h5-8,12-13,15,17H,9-11,14,16H2,1-4H3,(H,24,25);1H. The van der Waals surface area contributed by atoms with Crippen molar-refractivity contribution in [2.75, 3.05) is 39.1 Å². The summed E-state index contributed by atoms with van der Waals surface area (Å²) < 4.78 is 1.88. The van der Waals surface area contributed by atoms with Gasteiger partial charge in [0.25, 0.3) is 0 Å². The zero-order valence-electron chi connectivity index (χ0n) is 18.7. The Hall–Kier alpha value is -2.36. The van der Waals surface area contributed by atoms with Gasteiger partial charge >= 0.3 is 0 Å². The van der Waals surface area contributed by atoms with Gasteiger partial charge in [-0.1, -0.05) is 18.2 Å². The van der Waals surface area contributed by atoms with Gasteiger partial charge in [0, 0.05) is 59.4 Å². The van der Waals surface area contributed by atoms with Gasteiger partial charge < -0.3 is 15.1 Å². The van der Waals surface area contributed by atoms with Gasteiger partial charge in [-0.3, -0.25) is 9.67 Å². The average Bonchev–Trinajstić information content (AvgIpc) is 3.37. The second-order valence-electron chi connectivity index (χ2n) is 8.28. The van der Waals surface area contributed by atoms with E-state index in [1.54, 1.807) is 0 Å². The van der Waals surface area contributed by atoms with Gasteiger partial charge in [-0.25, -0.2) is 4.98 Å². The molecular weight excluding hydrogens is 501 g/mol. The highest BCUT2D eigenvalue weighted by Crippen LogP contribution is 2.23. The van der Waals surface area contributed by atoms with Gasteiger partial charge in [0.1, 0.15) is 5.82 Å². The number of halogens is 1. The Morgan fingerprint density at radius 2 is 2.10 bits per heavy atom. The van der Waals surface area contributed by atoms with Crippen molar-refractivity contribution < 1.29 is 0 Å². The molecule has 166 valence electrons. The molecule has 0 spiro atoms. The summed E-state index contributed by atoms with van der Waals surface area (Å²) >= 11 is 0. The quantitative estimate of drug-likeness (QED) is 0.310. The topological polar surface area (TPSA) is 61.6 Å². The predicted molar refractivity (Wildman–Crippen MR) is 138 cm³/mol. The number of benzene rings is 1. The number of nitrogens with zero attached hydrogens (tertiary/aromatic N) is 6. The smallest absolute Gasteiger partial charge is 0.193 e. The maximum Gasteiger partial charge on any atom is 0.193 e. The van der Waals surface area contributed by atoms with Gasteiger partial charge in [0.2, 0.25) is 0 Å². The zero-order valence-corrected chi connectivity index (χ0v) is 21.1. The largest absolute Gasteiger partial charge is 0.363 e. The number of fused-ring (bicyclic) bond motifs is 1. The molecule has 1 aliphatic heterocycles. The molecule has 1 aromatic carbocycles. The van der Waals surface area contributed by atoms with Crippen molar-refractivity contribution >= 4 is 46.7 Å². The Bertz CT molecular complexity index is 1040. The number of aliphatic imine (C=N–C) groups is 1. The van der Waals surface area contributed by atoms with Crippen LogP contribution in [0.25, 0.3) is 10.9 Å². The highest BCUT2D eigenvalue weighted by molar-refractivity contribution is 14.0. The van der Waals surface area contributed by atoms with E-state index in [4.69, 9.17) is 4.98 Å². The highest BCUT2D eigenvalue weighted by Gasteiger charge is 2.25. The summed E-state index contributed by atoms with van der Waals surface area (Å²) in [5.41, 5.74) is 3.57. The van der Waals surface area contributed by atoms with Crippen molar-refractivity contribution in [1.29, 1.82) is 0 Å². The minimum absolute atomic E-state index is 0. The van der Waals surface area contributed by atoms with Crippen LogP contribution >= 0.6 is 24.0 Å².